The van der Waals surface area contributed by atoms with Crippen molar-refractivity contribution in [2.75, 3.05) is 26.9 Å². The molecule has 0 heterocycles. The molecule has 1 rings (SSSR count). The van der Waals surface area contributed by atoms with E-state index in [9.17, 15) is 4.39 Å². The van der Waals surface area contributed by atoms with Gasteiger partial charge < -0.3 is 14.8 Å². The molecule has 19 heavy (non-hydrogen) atoms. The molecule has 0 bridgehead atoms. The van der Waals surface area contributed by atoms with Gasteiger partial charge in [0.15, 0.2) is 0 Å². The fraction of sp³-hybridized carbons (Fsp3) is 0.467. The molecule has 0 saturated carbocycles. The molecule has 1 aromatic rings. The lowest BCUT2D eigenvalue weighted by Crippen LogP contribution is -2.19. The number of ether oxygens (including phenoxy) is 2. The lowest BCUT2D eigenvalue weighted by molar-refractivity contribution is 0.199. The minimum atomic E-state index is -0.252. The van der Waals surface area contributed by atoms with Crippen molar-refractivity contribution >= 4 is 0 Å². The molecule has 0 aliphatic carbocycles. The maximum Gasteiger partial charge on any atom is 0.124 e. The van der Waals surface area contributed by atoms with E-state index in [1.807, 2.05) is 19.9 Å². The van der Waals surface area contributed by atoms with E-state index in [0.29, 0.717) is 25.5 Å². The van der Waals surface area contributed by atoms with Crippen LogP contribution in [-0.4, -0.2) is 26.9 Å². The number of methoxy groups -OCH3 is 1. The van der Waals surface area contributed by atoms with Gasteiger partial charge in [0.2, 0.25) is 0 Å². The van der Waals surface area contributed by atoms with E-state index in [2.05, 4.69) is 5.32 Å². The first kappa shape index (κ1) is 15.7. The molecule has 1 N–H and O–H groups in total. The van der Waals surface area contributed by atoms with Gasteiger partial charge in [0.1, 0.15) is 18.2 Å². The van der Waals surface area contributed by atoms with Crippen molar-refractivity contribution < 1.29 is 13.9 Å². The Morgan fingerprint density at radius 1 is 1.37 bits per heavy atom. The molecule has 0 aromatic heterocycles. The summed E-state index contributed by atoms with van der Waals surface area (Å²) >= 11 is 0. The summed E-state index contributed by atoms with van der Waals surface area (Å²) in [5, 5.41) is 3.18. The Balaban J connectivity index is 2.60. The molecule has 3 nitrogen and oxygen atoms in total. The Kier molecular flexibility index (Phi) is 7.15. The number of nitrogens with one attached hydrogen (secondary N) is 1. The minimum absolute atomic E-state index is 0.252. The molecular weight excluding hydrogens is 245 g/mol. The predicted octanol–water partition coefficient (Wildman–Crippen LogP) is 2.91. The van der Waals surface area contributed by atoms with Gasteiger partial charge in [0.25, 0.3) is 0 Å². The van der Waals surface area contributed by atoms with Crippen molar-refractivity contribution in [3.8, 4) is 5.75 Å². The van der Waals surface area contributed by atoms with Crippen LogP contribution in [0.1, 0.15) is 19.4 Å². The molecule has 0 saturated heterocycles. The van der Waals surface area contributed by atoms with Crippen LogP contribution < -0.4 is 10.1 Å². The van der Waals surface area contributed by atoms with Gasteiger partial charge in [-0.05, 0) is 38.1 Å². The second kappa shape index (κ2) is 8.67. The SMILES string of the molecule is COCCNCc1cc(F)ccc1OCC=C(C)C. The maximum absolute atomic E-state index is 13.3. The Bertz CT molecular complexity index is 415. The zero-order chi connectivity index (χ0) is 14.1. The van der Waals surface area contributed by atoms with Gasteiger partial charge in [-0.15, -0.1) is 0 Å². The van der Waals surface area contributed by atoms with Crippen LogP contribution in [0.25, 0.3) is 0 Å². The quantitative estimate of drug-likeness (QED) is 0.580. The molecule has 0 aliphatic heterocycles. The normalized spacial score (nSPS) is 10.3. The first-order valence-corrected chi connectivity index (χ1v) is 6.37. The minimum Gasteiger partial charge on any atom is -0.489 e. The average Bonchev–Trinajstić information content (AvgIpc) is 2.36. The van der Waals surface area contributed by atoms with Crippen LogP contribution in [0.3, 0.4) is 0 Å². The van der Waals surface area contributed by atoms with Gasteiger partial charge in [-0.25, -0.2) is 4.39 Å². The molecule has 0 fully saturated rings. The van der Waals surface area contributed by atoms with Crippen molar-refractivity contribution in [1.82, 2.24) is 5.32 Å². The molecule has 0 unspecified atom stereocenters. The maximum atomic E-state index is 13.3. The summed E-state index contributed by atoms with van der Waals surface area (Å²) in [6.07, 6.45) is 1.99. The Morgan fingerprint density at radius 3 is 2.84 bits per heavy atom. The zero-order valence-corrected chi connectivity index (χ0v) is 11.8. The van der Waals surface area contributed by atoms with Crippen LogP contribution in [0.5, 0.6) is 5.75 Å². The third-order valence-electron chi connectivity index (χ3n) is 2.55. The van der Waals surface area contributed by atoms with Crippen molar-refractivity contribution in [2.24, 2.45) is 0 Å². The zero-order valence-electron chi connectivity index (χ0n) is 11.8. The first-order valence-electron chi connectivity index (χ1n) is 6.37. The number of benzene rings is 1. The third kappa shape index (κ3) is 6.36. The second-order valence-electron chi connectivity index (χ2n) is 4.51. The summed E-state index contributed by atoms with van der Waals surface area (Å²) in [4.78, 5) is 0. The van der Waals surface area contributed by atoms with Crippen molar-refractivity contribution in [3.63, 3.8) is 0 Å². The molecule has 106 valence electrons. The van der Waals surface area contributed by atoms with Gasteiger partial charge >= 0.3 is 0 Å². The van der Waals surface area contributed by atoms with E-state index >= 15 is 0 Å². The first-order chi connectivity index (χ1) is 9.13. The molecular formula is C15H22FNO2. The van der Waals surface area contributed by atoms with Crippen LogP contribution in [0.2, 0.25) is 0 Å². The molecule has 0 radical (unpaired) electrons. The molecule has 1 aromatic carbocycles. The number of halogens is 1. The fourth-order valence-corrected chi connectivity index (χ4v) is 1.52. The second-order valence-corrected chi connectivity index (χ2v) is 4.51. The summed E-state index contributed by atoms with van der Waals surface area (Å²) in [5.41, 5.74) is 2.01. The highest BCUT2D eigenvalue weighted by Crippen LogP contribution is 2.19. The van der Waals surface area contributed by atoms with Gasteiger partial charge in [-0.3, -0.25) is 0 Å². The van der Waals surface area contributed by atoms with E-state index in [4.69, 9.17) is 9.47 Å². The van der Waals surface area contributed by atoms with Gasteiger partial charge in [-0.1, -0.05) is 5.57 Å². The van der Waals surface area contributed by atoms with Crippen LogP contribution in [-0.2, 0) is 11.3 Å². The van der Waals surface area contributed by atoms with Gasteiger partial charge in [0.05, 0.1) is 6.61 Å². The van der Waals surface area contributed by atoms with Gasteiger partial charge in [-0.2, -0.15) is 0 Å². The molecule has 0 aliphatic rings. The van der Waals surface area contributed by atoms with E-state index in [0.717, 1.165) is 12.1 Å². The van der Waals surface area contributed by atoms with Crippen LogP contribution in [0, 0.1) is 5.82 Å². The molecule has 0 spiro atoms. The average molecular weight is 267 g/mol. The Labute approximate surface area is 114 Å². The van der Waals surface area contributed by atoms with E-state index < -0.39 is 0 Å². The summed E-state index contributed by atoms with van der Waals surface area (Å²) in [5.74, 6) is 0.460. The number of allylic oxidation sites excluding steroid dienone is 1. The summed E-state index contributed by atoms with van der Waals surface area (Å²) in [7, 11) is 1.65. The number of rotatable bonds is 8. The van der Waals surface area contributed by atoms with Crippen molar-refractivity contribution in [1.29, 1.82) is 0 Å². The van der Waals surface area contributed by atoms with Crippen LogP contribution in [0.15, 0.2) is 29.8 Å². The topological polar surface area (TPSA) is 30.5 Å². The number of hydrogen-bond donors (Lipinski definition) is 1. The molecule has 0 amide bonds. The summed E-state index contributed by atoms with van der Waals surface area (Å²) < 4.78 is 23.8. The third-order valence-corrected chi connectivity index (χ3v) is 2.55. The number of hydrogen-bond acceptors (Lipinski definition) is 3. The van der Waals surface area contributed by atoms with E-state index in [1.54, 1.807) is 13.2 Å². The smallest absolute Gasteiger partial charge is 0.124 e. The van der Waals surface area contributed by atoms with E-state index in [1.165, 1.54) is 17.7 Å². The van der Waals surface area contributed by atoms with Crippen molar-refractivity contribution in [3.05, 3.63) is 41.2 Å². The lowest BCUT2D eigenvalue weighted by Gasteiger charge is -2.11. The highest BCUT2D eigenvalue weighted by molar-refractivity contribution is 5.34. The summed E-state index contributed by atoms with van der Waals surface area (Å²) in [6, 6.07) is 4.58. The van der Waals surface area contributed by atoms with Crippen LogP contribution in [0.4, 0.5) is 4.39 Å². The highest BCUT2D eigenvalue weighted by atomic mass is 19.1. The highest BCUT2D eigenvalue weighted by Gasteiger charge is 2.05. The lowest BCUT2D eigenvalue weighted by atomic mass is 10.2. The predicted molar refractivity (Wildman–Crippen MR) is 74.9 cm³/mol. The standard InChI is InChI=1S/C15H22FNO2/c1-12(2)6-8-19-15-5-4-14(16)10-13(15)11-17-7-9-18-3/h4-6,10,17H,7-9,11H2,1-3H3. The monoisotopic (exact) mass is 267 g/mol. The van der Waals surface area contributed by atoms with Crippen LogP contribution >= 0.6 is 0 Å². The fourth-order valence-electron chi connectivity index (χ4n) is 1.52. The van der Waals surface area contributed by atoms with Gasteiger partial charge in [0, 0.05) is 25.8 Å². The Morgan fingerprint density at radius 2 is 2.16 bits per heavy atom. The van der Waals surface area contributed by atoms with E-state index in [-0.39, 0.29) is 5.82 Å². The Hall–Kier alpha value is -1.39. The van der Waals surface area contributed by atoms with Crippen molar-refractivity contribution in [2.45, 2.75) is 20.4 Å². The largest absolute Gasteiger partial charge is 0.489 e. The molecule has 0 atom stereocenters. The molecule has 4 heteroatoms. The summed E-state index contributed by atoms with van der Waals surface area (Å²) in [6.45, 7) is 6.44.